The molecule has 2 atom stereocenters. The number of nitrogens with one attached hydrogen (secondary N) is 1. The minimum absolute atomic E-state index is 0.0190. The number of ether oxygens (including phenoxy) is 1. The average molecular weight is 450 g/mol. The summed E-state index contributed by atoms with van der Waals surface area (Å²) in [5.41, 5.74) is 0.556. The quantitative estimate of drug-likeness (QED) is 0.177. The number of nitro benzene ring substituents is 1. The van der Waals surface area contributed by atoms with Crippen LogP contribution in [0.25, 0.3) is 0 Å². The van der Waals surface area contributed by atoms with E-state index in [0.29, 0.717) is 24.4 Å². The number of non-ortho nitro benzene ring substituents is 1. The van der Waals surface area contributed by atoms with Crippen LogP contribution in [-0.2, 0) is 14.3 Å². The van der Waals surface area contributed by atoms with Crippen molar-refractivity contribution in [2.45, 2.75) is 25.8 Å². The van der Waals surface area contributed by atoms with Gasteiger partial charge in [0, 0.05) is 35.1 Å². The molecule has 1 aliphatic heterocycles. The molecule has 1 heterocycles. The van der Waals surface area contributed by atoms with Crippen LogP contribution in [0.3, 0.4) is 0 Å². The summed E-state index contributed by atoms with van der Waals surface area (Å²) in [6, 6.07) is 4.09. The molecule has 1 amide bonds. The van der Waals surface area contributed by atoms with Crippen LogP contribution in [0.1, 0.15) is 25.3 Å². The highest BCUT2D eigenvalue weighted by Gasteiger charge is 2.45. The molecule has 2 unspecified atom stereocenters. The van der Waals surface area contributed by atoms with Crippen molar-refractivity contribution in [3.63, 3.8) is 0 Å². The fourth-order valence-electron chi connectivity index (χ4n) is 3.30. The van der Waals surface area contributed by atoms with Gasteiger partial charge in [0.05, 0.1) is 34.4 Å². The summed E-state index contributed by atoms with van der Waals surface area (Å²) < 4.78 is 5.16. The molecular formula is C19H22N4O7S. The van der Waals surface area contributed by atoms with Crippen molar-refractivity contribution in [2.24, 2.45) is 4.99 Å². The van der Waals surface area contributed by atoms with Crippen molar-refractivity contribution < 1.29 is 24.2 Å². The van der Waals surface area contributed by atoms with E-state index in [1.165, 1.54) is 43.0 Å². The minimum atomic E-state index is -1.37. The molecule has 0 aromatic heterocycles. The van der Waals surface area contributed by atoms with Crippen molar-refractivity contribution >= 4 is 35.5 Å². The fraction of sp³-hybridized carbons (Fsp3) is 0.421. The van der Waals surface area contributed by atoms with E-state index in [4.69, 9.17) is 4.74 Å². The predicted octanol–water partition coefficient (Wildman–Crippen LogP) is 2.09. The van der Waals surface area contributed by atoms with Gasteiger partial charge in [0.25, 0.3) is 11.7 Å². The topological polar surface area (TPSA) is 154 Å². The Morgan fingerprint density at radius 3 is 2.71 bits per heavy atom. The zero-order valence-corrected chi connectivity index (χ0v) is 17.8. The van der Waals surface area contributed by atoms with Gasteiger partial charge in [-0.25, -0.2) is 4.79 Å². The van der Waals surface area contributed by atoms with E-state index in [9.17, 15) is 29.8 Å². The van der Waals surface area contributed by atoms with Crippen LogP contribution in [0.5, 0.6) is 0 Å². The Morgan fingerprint density at radius 2 is 2.10 bits per heavy atom. The molecule has 12 heteroatoms. The lowest BCUT2D eigenvalue weighted by Crippen LogP contribution is -2.40. The summed E-state index contributed by atoms with van der Waals surface area (Å²) in [7, 11) is 0. The summed E-state index contributed by atoms with van der Waals surface area (Å²) in [6.07, 6.45) is 0.576. The third-order valence-corrected chi connectivity index (χ3v) is 5.52. The van der Waals surface area contributed by atoms with Gasteiger partial charge in [0.1, 0.15) is 0 Å². The Bertz CT molecular complexity index is 932. The van der Waals surface area contributed by atoms with Crippen molar-refractivity contribution in [1.82, 2.24) is 5.32 Å². The van der Waals surface area contributed by atoms with Crippen LogP contribution in [-0.4, -0.2) is 58.6 Å². The summed E-state index contributed by atoms with van der Waals surface area (Å²) in [4.78, 5) is 49.6. The molecule has 0 radical (unpaired) electrons. The Kier molecular flexibility index (Phi) is 8.67. The van der Waals surface area contributed by atoms with Crippen molar-refractivity contribution in [3.05, 3.63) is 61.3 Å². The second-order valence-electron chi connectivity index (χ2n) is 6.52. The second-order valence-corrected chi connectivity index (χ2v) is 7.62. The fourth-order valence-corrected chi connectivity index (χ4v) is 4.12. The van der Waals surface area contributed by atoms with E-state index in [0.717, 1.165) is 0 Å². The number of hydrogen-bond donors (Lipinski definition) is 1. The van der Waals surface area contributed by atoms with Crippen molar-refractivity contribution in [1.29, 1.82) is 0 Å². The molecule has 0 saturated heterocycles. The van der Waals surface area contributed by atoms with Gasteiger partial charge in [0.15, 0.2) is 0 Å². The number of nitrogens with zero attached hydrogens (tertiary/aromatic N) is 3. The molecular weight excluding hydrogens is 428 g/mol. The third kappa shape index (κ3) is 5.87. The number of amides is 1. The molecule has 0 aliphatic carbocycles. The first-order chi connectivity index (χ1) is 14.8. The van der Waals surface area contributed by atoms with Crippen LogP contribution >= 0.6 is 11.8 Å². The van der Waals surface area contributed by atoms with E-state index < -0.39 is 27.8 Å². The van der Waals surface area contributed by atoms with Gasteiger partial charge in [-0.1, -0.05) is 12.1 Å². The highest BCUT2D eigenvalue weighted by molar-refractivity contribution is 7.99. The monoisotopic (exact) mass is 450 g/mol. The maximum atomic E-state index is 12.8. The average Bonchev–Trinajstić information content (AvgIpc) is 2.72. The summed E-state index contributed by atoms with van der Waals surface area (Å²) >= 11 is 1.38. The lowest BCUT2D eigenvalue weighted by atomic mass is 9.80. The normalized spacial score (nSPS) is 18.2. The zero-order chi connectivity index (χ0) is 23.0. The molecule has 166 valence electrons. The van der Waals surface area contributed by atoms with Gasteiger partial charge in [0.2, 0.25) is 6.41 Å². The second kappa shape index (κ2) is 11.2. The molecule has 1 aromatic rings. The molecule has 0 spiro atoms. The van der Waals surface area contributed by atoms with Gasteiger partial charge in [-0.15, -0.1) is 0 Å². The lowest BCUT2D eigenvalue weighted by molar-refractivity contribution is -0.505. The van der Waals surface area contributed by atoms with Gasteiger partial charge >= 0.3 is 5.97 Å². The molecule has 1 aliphatic rings. The predicted molar refractivity (Wildman–Crippen MR) is 115 cm³/mol. The van der Waals surface area contributed by atoms with E-state index in [1.54, 1.807) is 6.92 Å². The summed E-state index contributed by atoms with van der Waals surface area (Å²) in [5, 5.41) is 25.7. The van der Waals surface area contributed by atoms with Crippen molar-refractivity contribution in [3.8, 4) is 0 Å². The Morgan fingerprint density at radius 1 is 1.35 bits per heavy atom. The number of esters is 1. The number of benzene rings is 1. The zero-order valence-electron chi connectivity index (χ0n) is 17.0. The summed E-state index contributed by atoms with van der Waals surface area (Å²) in [5.74, 6) is -1.05. The molecule has 1 aromatic carbocycles. The number of nitro groups is 2. The molecule has 0 saturated carbocycles. The van der Waals surface area contributed by atoms with E-state index in [2.05, 4.69) is 10.3 Å². The van der Waals surface area contributed by atoms with E-state index >= 15 is 0 Å². The first kappa shape index (κ1) is 24.0. The number of rotatable bonds is 11. The lowest BCUT2D eigenvalue weighted by Gasteiger charge is -2.28. The highest BCUT2D eigenvalue weighted by atomic mass is 32.2. The molecule has 0 fully saturated rings. The molecule has 1 N–H and O–H groups in total. The van der Waals surface area contributed by atoms with Crippen LogP contribution < -0.4 is 5.32 Å². The molecule has 31 heavy (non-hydrogen) atoms. The van der Waals surface area contributed by atoms with E-state index in [-0.39, 0.29) is 34.9 Å². The first-order valence-corrected chi connectivity index (χ1v) is 10.5. The van der Waals surface area contributed by atoms with Gasteiger partial charge in [-0.2, -0.15) is 11.8 Å². The van der Waals surface area contributed by atoms with Crippen LogP contribution in [0.2, 0.25) is 0 Å². The van der Waals surface area contributed by atoms with Gasteiger partial charge in [-0.3, -0.25) is 30.0 Å². The SMILES string of the molecule is CCOC(=O)C1=C(CSCCNC=O)N=C(C)C([N+](=O)[O-])C1c1cccc([N+](=O)[O-])c1. The Hall–Kier alpha value is -3.28. The number of carbonyl (C=O) groups is 2. The Balaban J connectivity index is 2.58. The number of carbonyl (C=O) groups excluding carboxylic acids is 2. The maximum absolute atomic E-state index is 12.8. The third-order valence-electron chi connectivity index (χ3n) is 4.55. The minimum Gasteiger partial charge on any atom is -0.463 e. The number of aliphatic imine (C=N–C) groups is 1. The number of hydrogen-bond acceptors (Lipinski definition) is 9. The Labute approximate surface area is 182 Å². The van der Waals surface area contributed by atoms with E-state index in [1.807, 2.05) is 0 Å². The summed E-state index contributed by atoms with van der Waals surface area (Å²) in [6.45, 7) is 3.57. The maximum Gasteiger partial charge on any atom is 0.336 e. The van der Waals surface area contributed by atoms with Crippen LogP contribution in [0, 0.1) is 20.2 Å². The highest BCUT2D eigenvalue weighted by Crippen LogP contribution is 2.39. The van der Waals surface area contributed by atoms with Crippen molar-refractivity contribution in [2.75, 3.05) is 24.7 Å². The molecule has 11 nitrogen and oxygen atoms in total. The van der Waals surface area contributed by atoms with Gasteiger partial charge in [-0.05, 0) is 19.4 Å². The number of thioether (sulfide) groups is 1. The smallest absolute Gasteiger partial charge is 0.336 e. The largest absolute Gasteiger partial charge is 0.463 e. The first-order valence-electron chi connectivity index (χ1n) is 9.39. The molecule has 0 bridgehead atoms. The van der Waals surface area contributed by atoms with Gasteiger partial charge < -0.3 is 10.1 Å². The molecule has 2 rings (SSSR count). The standard InChI is InChI=1S/C19H22N4O7S/c1-3-30-19(25)17-15(10-31-8-7-20-11-24)21-12(2)18(23(28)29)16(17)13-5-4-6-14(9-13)22(26)27/h4-6,9,11,16,18H,3,7-8,10H2,1-2H3,(H,20,24). The van der Waals surface area contributed by atoms with Crippen LogP contribution in [0.15, 0.2) is 40.5 Å². The van der Waals surface area contributed by atoms with Crippen LogP contribution in [0.4, 0.5) is 5.69 Å².